The first kappa shape index (κ1) is 15.9. The predicted octanol–water partition coefficient (Wildman–Crippen LogP) is 1.53. The highest BCUT2D eigenvalue weighted by molar-refractivity contribution is 7.87. The standard InChI is InChI=1S/C13H23N3O2S2/c1-11(2)5-6-14-9-12-3-4-13(19-12)10-16-8-7-15-20(16,17)18/h3-4,11,14-15H,5-10H2,1-2H3. The number of nitrogens with one attached hydrogen (secondary N) is 2. The van der Waals surface area contributed by atoms with Crippen LogP contribution in [0.5, 0.6) is 0 Å². The fraction of sp³-hybridized carbons (Fsp3) is 0.692. The van der Waals surface area contributed by atoms with Gasteiger partial charge in [0.25, 0.3) is 10.2 Å². The highest BCUT2D eigenvalue weighted by atomic mass is 32.2. The maximum absolute atomic E-state index is 11.7. The van der Waals surface area contributed by atoms with Gasteiger partial charge in [-0.05, 0) is 31.0 Å². The molecular weight excluding hydrogens is 294 g/mol. The summed E-state index contributed by atoms with van der Waals surface area (Å²) in [4.78, 5) is 2.35. The summed E-state index contributed by atoms with van der Waals surface area (Å²) in [5, 5.41) is 3.42. The van der Waals surface area contributed by atoms with Gasteiger partial charge in [-0.15, -0.1) is 11.3 Å². The molecule has 2 rings (SSSR count). The first-order valence-corrected chi connectivity index (χ1v) is 9.26. The second-order valence-electron chi connectivity index (χ2n) is 5.46. The lowest BCUT2D eigenvalue weighted by Crippen LogP contribution is -2.28. The van der Waals surface area contributed by atoms with Gasteiger partial charge in [0.2, 0.25) is 0 Å². The largest absolute Gasteiger partial charge is 0.312 e. The molecule has 1 saturated heterocycles. The van der Waals surface area contributed by atoms with Crippen LogP contribution in [0.15, 0.2) is 12.1 Å². The molecule has 1 aromatic rings. The van der Waals surface area contributed by atoms with Crippen LogP contribution in [0.3, 0.4) is 0 Å². The first-order valence-electron chi connectivity index (χ1n) is 7.00. The van der Waals surface area contributed by atoms with Gasteiger partial charge in [-0.2, -0.15) is 12.7 Å². The zero-order chi connectivity index (χ0) is 14.6. The average molecular weight is 317 g/mol. The lowest BCUT2D eigenvalue weighted by molar-refractivity contribution is 0.449. The van der Waals surface area contributed by atoms with Crippen molar-refractivity contribution in [3.05, 3.63) is 21.9 Å². The van der Waals surface area contributed by atoms with Crippen LogP contribution in [0, 0.1) is 5.92 Å². The number of hydrogen-bond acceptors (Lipinski definition) is 4. The molecule has 1 aromatic heterocycles. The minimum Gasteiger partial charge on any atom is -0.312 e. The van der Waals surface area contributed by atoms with Crippen molar-refractivity contribution >= 4 is 21.5 Å². The van der Waals surface area contributed by atoms with Gasteiger partial charge in [0.05, 0.1) is 0 Å². The van der Waals surface area contributed by atoms with Crippen LogP contribution in [0.1, 0.15) is 30.0 Å². The van der Waals surface area contributed by atoms with E-state index in [1.54, 1.807) is 11.3 Å². The molecule has 7 heteroatoms. The number of nitrogens with zero attached hydrogens (tertiary/aromatic N) is 1. The Morgan fingerprint density at radius 1 is 1.40 bits per heavy atom. The zero-order valence-corrected chi connectivity index (χ0v) is 13.7. The molecule has 0 unspecified atom stereocenters. The summed E-state index contributed by atoms with van der Waals surface area (Å²) < 4.78 is 27.3. The number of thiophene rings is 1. The Hall–Kier alpha value is -0.470. The van der Waals surface area contributed by atoms with E-state index < -0.39 is 10.2 Å². The highest BCUT2D eigenvalue weighted by Gasteiger charge is 2.27. The number of hydrogen-bond donors (Lipinski definition) is 2. The molecule has 2 N–H and O–H groups in total. The van der Waals surface area contributed by atoms with E-state index >= 15 is 0 Å². The maximum atomic E-state index is 11.7. The number of rotatable bonds is 7. The molecule has 2 heterocycles. The van der Waals surface area contributed by atoms with Crippen LogP contribution >= 0.6 is 11.3 Å². The fourth-order valence-electron chi connectivity index (χ4n) is 2.05. The van der Waals surface area contributed by atoms with Crippen LogP contribution in [-0.4, -0.2) is 32.4 Å². The lowest BCUT2D eigenvalue weighted by atomic mass is 10.1. The third-order valence-corrected chi connectivity index (χ3v) is 5.86. The second kappa shape index (κ2) is 7.00. The van der Waals surface area contributed by atoms with Gasteiger partial charge < -0.3 is 5.32 Å². The van der Waals surface area contributed by atoms with E-state index in [9.17, 15) is 8.42 Å². The van der Waals surface area contributed by atoms with Gasteiger partial charge in [-0.1, -0.05) is 13.8 Å². The quantitative estimate of drug-likeness (QED) is 0.750. The molecule has 114 valence electrons. The van der Waals surface area contributed by atoms with Crippen LogP contribution < -0.4 is 10.0 Å². The molecule has 0 aromatic carbocycles. The SMILES string of the molecule is CC(C)CCNCc1ccc(CN2CCNS2(=O)=O)s1. The van der Waals surface area contributed by atoms with Crippen molar-refractivity contribution < 1.29 is 8.42 Å². The molecule has 0 saturated carbocycles. The van der Waals surface area contributed by atoms with Gasteiger partial charge in [0.15, 0.2) is 0 Å². The molecule has 1 aliphatic rings. The van der Waals surface area contributed by atoms with E-state index in [0.717, 1.165) is 18.0 Å². The summed E-state index contributed by atoms with van der Waals surface area (Å²) in [6.45, 7) is 7.87. The minimum atomic E-state index is -3.23. The normalized spacial score (nSPS) is 18.9. The van der Waals surface area contributed by atoms with Gasteiger partial charge in [0.1, 0.15) is 0 Å². The van der Waals surface area contributed by atoms with Crippen molar-refractivity contribution in [1.82, 2.24) is 14.3 Å². The average Bonchev–Trinajstić information content (AvgIpc) is 2.93. The highest BCUT2D eigenvalue weighted by Crippen LogP contribution is 2.20. The topological polar surface area (TPSA) is 61.4 Å². The summed E-state index contributed by atoms with van der Waals surface area (Å²) >= 11 is 1.68. The molecule has 1 aliphatic heterocycles. The summed E-state index contributed by atoms with van der Waals surface area (Å²) in [7, 11) is -3.23. The van der Waals surface area contributed by atoms with Gasteiger partial charge in [-0.25, -0.2) is 4.72 Å². The van der Waals surface area contributed by atoms with E-state index in [-0.39, 0.29) is 0 Å². The zero-order valence-electron chi connectivity index (χ0n) is 12.1. The molecule has 0 radical (unpaired) electrons. The molecule has 5 nitrogen and oxygen atoms in total. The predicted molar refractivity (Wildman–Crippen MR) is 82.8 cm³/mol. The Labute approximate surface area is 125 Å². The molecular formula is C13H23N3O2S2. The molecule has 1 fully saturated rings. The third-order valence-electron chi connectivity index (χ3n) is 3.23. The van der Waals surface area contributed by atoms with Crippen molar-refractivity contribution in [1.29, 1.82) is 0 Å². The summed E-state index contributed by atoms with van der Waals surface area (Å²) in [5.74, 6) is 0.717. The van der Waals surface area contributed by atoms with E-state index in [0.29, 0.717) is 25.6 Å². The van der Waals surface area contributed by atoms with Crippen molar-refractivity contribution in [2.75, 3.05) is 19.6 Å². The Balaban J connectivity index is 1.80. The second-order valence-corrected chi connectivity index (χ2v) is 8.47. The molecule has 20 heavy (non-hydrogen) atoms. The Morgan fingerprint density at radius 2 is 2.15 bits per heavy atom. The van der Waals surface area contributed by atoms with Crippen LogP contribution in [0.2, 0.25) is 0 Å². The van der Waals surface area contributed by atoms with Crippen molar-refractivity contribution in [3.63, 3.8) is 0 Å². The summed E-state index contributed by atoms with van der Waals surface area (Å²) in [6.07, 6.45) is 1.18. The minimum absolute atomic E-state index is 0.478. The van der Waals surface area contributed by atoms with Crippen LogP contribution in [0.4, 0.5) is 0 Å². The monoisotopic (exact) mass is 317 g/mol. The lowest BCUT2D eigenvalue weighted by Gasteiger charge is -2.11. The van der Waals surface area contributed by atoms with E-state index in [1.165, 1.54) is 15.6 Å². The molecule has 0 atom stereocenters. The van der Waals surface area contributed by atoms with Crippen LogP contribution in [-0.2, 0) is 23.3 Å². The third kappa shape index (κ3) is 4.53. The molecule has 0 amide bonds. The van der Waals surface area contributed by atoms with E-state index in [4.69, 9.17) is 0 Å². The fourth-order valence-corrected chi connectivity index (χ4v) is 4.31. The summed E-state index contributed by atoms with van der Waals surface area (Å²) in [5.41, 5.74) is 0. The van der Waals surface area contributed by atoms with Gasteiger partial charge >= 0.3 is 0 Å². The smallest absolute Gasteiger partial charge is 0.279 e. The van der Waals surface area contributed by atoms with E-state index in [1.807, 2.05) is 6.07 Å². The molecule has 0 bridgehead atoms. The molecule has 0 aliphatic carbocycles. The van der Waals surface area contributed by atoms with Crippen LogP contribution in [0.25, 0.3) is 0 Å². The maximum Gasteiger partial charge on any atom is 0.279 e. The Morgan fingerprint density at radius 3 is 2.80 bits per heavy atom. The van der Waals surface area contributed by atoms with Crippen molar-refractivity contribution in [2.45, 2.75) is 33.4 Å². The Bertz CT molecular complexity index is 525. The first-order chi connectivity index (χ1) is 9.47. The van der Waals surface area contributed by atoms with E-state index in [2.05, 4.69) is 30.0 Å². The Kier molecular flexibility index (Phi) is 5.57. The van der Waals surface area contributed by atoms with Crippen molar-refractivity contribution in [3.8, 4) is 0 Å². The van der Waals surface area contributed by atoms with Gasteiger partial charge in [0, 0.05) is 35.9 Å². The molecule has 0 spiro atoms. The van der Waals surface area contributed by atoms with Gasteiger partial charge in [-0.3, -0.25) is 0 Å². The summed E-state index contributed by atoms with van der Waals surface area (Å²) in [6, 6.07) is 4.11. The van der Waals surface area contributed by atoms with Crippen molar-refractivity contribution in [2.24, 2.45) is 5.92 Å².